The lowest BCUT2D eigenvalue weighted by Crippen LogP contribution is -2.70. The van der Waals surface area contributed by atoms with Gasteiger partial charge in [0.15, 0.2) is 0 Å². The lowest BCUT2D eigenvalue weighted by molar-refractivity contribution is -0.185. The van der Waals surface area contributed by atoms with Crippen LogP contribution in [-0.4, -0.2) is 33.7 Å². The smallest absolute Gasteiger partial charge is 0.133 e. The number of rotatable bonds is 1. The topological polar surface area (TPSA) is 83.6 Å². The van der Waals surface area contributed by atoms with E-state index in [4.69, 9.17) is 5.73 Å². The van der Waals surface area contributed by atoms with Crippen LogP contribution in [0.4, 0.5) is 0 Å². The predicted octanol–water partition coefficient (Wildman–Crippen LogP) is 2.65. The summed E-state index contributed by atoms with van der Waals surface area (Å²) in [6, 6.07) is 0. The summed E-state index contributed by atoms with van der Waals surface area (Å²) in [6.07, 6.45) is 6.70. The van der Waals surface area contributed by atoms with E-state index < -0.39 is 0 Å². The second kappa shape index (κ2) is 5.53. The first kappa shape index (κ1) is 17.9. The Kier molecular flexibility index (Phi) is 3.97. The van der Waals surface area contributed by atoms with Gasteiger partial charge >= 0.3 is 0 Å². The van der Waals surface area contributed by atoms with Crippen LogP contribution in [0.25, 0.3) is 0 Å². The Hall–Kier alpha value is -0.450. The average Bonchev–Trinajstić information content (AvgIpc) is 2.79. The average molecular weight is 350 g/mol. The highest BCUT2D eigenvalue weighted by molar-refractivity contribution is 5.80. The third kappa shape index (κ3) is 2.20. The molecule has 0 amide bonds. The highest BCUT2D eigenvalue weighted by Gasteiger charge is 2.69. The minimum atomic E-state index is -0.380. The Labute approximate surface area is 151 Å². The van der Waals surface area contributed by atoms with Gasteiger partial charge in [0.25, 0.3) is 0 Å². The molecule has 4 aliphatic rings. The monoisotopic (exact) mass is 349 g/mol. The molecule has 0 bridgehead atoms. The van der Waals surface area contributed by atoms with Crippen LogP contribution in [0.15, 0.2) is 0 Å². The van der Waals surface area contributed by atoms with Crippen molar-refractivity contribution in [2.24, 2.45) is 40.2 Å². The maximum absolute atomic E-state index is 12.3. The molecule has 4 fully saturated rings. The number of fused-ring (bicyclic) bond motifs is 5. The lowest BCUT2D eigenvalue weighted by Gasteiger charge is -2.65. The van der Waals surface area contributed by atoms with Crippen molar-refractivity contribution in [1.29, 1.82) is 0 Å². The maximum Gasteiger partial charge on any atom is 0.133 e. The predicted molar refractivity (Wildman–Crippen MR) is 96.7 cm³/mol. The highest BCUT2D eigenvalue weighted by atomic mass is 16.3. The number of aliphatic hydroxyl groups is 2. The molecule has 4 saturated carbocycles. The van der Waals surface area contributed by atoms with Gasteiger partial charge in [-0.05, 0) is 86.9 Å². The van der Waals surface area contributed by atoms with Crippen LogP contribution in [0.2, 0.25) is 0 Å². The maximum atomic E-state index is 12.3. The highest BCUT2D eigenvalue weighted by Crippen LogP contribution is 2.68. The van der Waals surface area contributed by atoms with Gasteiger partial charge < -0.3 is 15.9 Å². The summed E-state index contributed by atoms with van der Waals surface area (Å²) in [5, 5.41) is 21.4. The molecule has 4 rings (SSSR count). The fourth-order valence-electron chi connectivity index (χ4n) is 8.06. The van der Waals surface area contributed by atoms with E-state index in [2.05, 4.69) is 13.8 Å². The number of ketones is 1. The molecule has 0 aromatic rings. The van der Waals surface area contributed by atoms with Crippen LogP contribution in [-0.2, 0) is 4.79 Å². The largest absolute Gasteiger partial charge is 0.393 e. The number of aliphatic hydroxyl groups excluding tert-OH is 2. The van der Waals surface area contributed by atoms with Crippen molar-refractivity contribution in [2.75, 3.05) is 0 Å². The zero-order valence-electron chi connectivity index (χ0n) is 16.0. The summed E-state index contributed by atoms with van der Waals surface area (Å²) >= 11 is 0. The van der Waals surface area contributed by atoms with Crippen LogP contribution in [0.5, 0.6) is 0 Å². The van der Waals surface area contributed by atoms with Crippen LogP contribution >= 0.6 is 0 Å². The fourth-order valence-corrected chi connectivity index (χ4v) is 8.06. The molecule has 0 spiro atoms. The normalized spacial score (nSPS) is 58.2. The van der Waals surface area contributed by atoms with Crippen molar-refractivity contribution < 1.29 is 15.0 Å². The van der Waals surface area contributed by atoms with Crippen LogP contribution in [0, 0.1) is 34.5 Å². The van der Waals surface area contributed by atoms with Crippen molar-refractivity contribution in [3.8, 4) is 0 Å². The summed E-state index contributed by atoms with van der Waals surface area (Å²) in [7, 11) is 0. The summed E-state index contributed by atoms with van der Waals surface area (Å²) in [6.45, 7) is 6.21. The van der Waals surface area contributed by atoms with E-state index >= 15 is 0 Å². The molecular formula is C21H35NO3. The lowest BCUT2D eigenvalue weighted by atomic mass is 9.42. The van der Waals surface area contributed by atoms with E-state index in [0.29, 0.717) is 18.3 Å². The zero-order chi connectivity index (χ0) is 18.2. The first-order valence-corrected chi connectivity index (χ1v) is 10.3. The minimum Gasteiger partial charge on any atom is -0.393 e. The molecule has 142 valence electrons. The molecule has 4 N–H and O–H groups in total. The number of nitrogens with two attached hydrogens (primary N) is 1. The number of carbonyl (C=O) groups is 1. The van der Waals surface area contributed by atoms with Crippen molar-refractivity contribution >= 4 is 5.78 Å². The van der Waals surface area contributed by atoms with Crippen molar-refractivity contribution in [3.05, 3.63) is 0 Å². The van der Waals surface area contributed by atoms with E-state index in [1.165, 1.54) is 0 Å². The van der Waals surface area contributed by atoms with E-state index in [9.17, 15) is 15.0 Å². The molecule has 0 aromatic carbocycles. The van der Waals surface area contributed by atoms with Crippen LogP contribution in [0.3, 0.4) is 0 Å². The third-order valence-corrected chi connectivity index (χ3v) is 9.41. The second-order valence-electron chi connectivity index (χ2n) is 10.3. The first-order chi connectivity index (χ1) is 11.6. The van der Waals surface area contributed by atoms with Crippen LogP contribution in [0.1, 0.15) is 72.1 Å². The quantitative estimate of drug-likeness (QED) is 0.679. The van der Waals surface area contributed by atoms with E-state index in [-0.39, 0.29) is 46.2 Å². The molecule has 4 nitrogen and oxygen atoms in total. The molecule has 9 atom stereocenters. The standard InChI is InChI=1S/C21H35NO3/c1-12(23)15-7-9-21(22)16-5-4-13-10-14(24)6-8-19(13,2)18(16)17(25)11-20(15,21)3/h13-18,24-25H,4-11,22H2,1-3H3/t13?,14-,15+,16+,17-,18+,19-,20+,21+/m0/s1. The first-order valence-electron chi connectivity index (χ1n) is 10.3. The van der Waals surface area contributed by atoms with Crippen molar-refractivity contribution in [1.82, 2.24) is 0 Å². The van der Waals surface area contributed by atoms with E-state index in [1.54, 1.807) is 6.92 Å². The Morgan fingerprint density at radius 1 is 1.08 bits per heavy atom. The number of carbonyl (C=O) groups excluding carboxylic acids is 1. The van der Waals surface area contributed by atoms with Gasteiger partial charge in [0.05, 0.1) is 12.2 Å². The Morgan fingerprint density at radius 2 is 1.80 bits per heavy atom. The van der Waals surface area contributed by atoms with Gasteiger partial charge in [-0.1, -0.05) is 13.8 Å². The zero-order valence-corrected chi connectivity index (χ0v) is 16.0. The molecule has 4 heteroatoms. The molecule has 4 aliphatic carbocycles. The SMILES string of the molecule is CC(=O)[C@H]1CC[C@@]2(N)[C@@H]3CCC4C[C@@H](O)CC[C@]4(C)[C@H]3[C@@H](O)C[C@]12C. The van der Waals surface area contributed by atoms with Gasteiger partial charge in [0.1, 0.15) is 5.78 Å². The molecular weight excluding hydrogens is 314 g/mol. The van der Waals surface area contributed by atoms with Gasteiger partial charge in [0.2, 0.25) is 0 Å². The molecule has 0 aromatic heterocycles. The van der Waals surface area contributed by atoms with Gasteiger partial charge in [0, 0.05) is 11.5 Å². The molecule has 1 unspecified atom stereocenters. The van der Waals surface area contributed by atoms with E-state index in [1.807, 2.05) is 0 Å². The number of Topliss-reactive ketones (excluding diaryl/α,β-unsaturated/α-hetero) is 1. The van der Waals surface area contributed by atoms with Gasteiger partial charge in [-0.3, -0.25) is 4.79 Å². The molecule has 0 radical (unpaired) electrons. The fraction of sp³-hybridized carbons (Fsp3) is 0.952. The Bertz CT molecular complexity index is 579. The van der Waals surface area contributed by atoms with Gasteiger partial charge in [-0.2, -0.15) is 0 Å². The molecule has 0 saturated heterocycles. The van der Waals surface area contributed by atoms with Crippen LogP contribution < -0.4 is 5.73 Å². The Morgan fingerprint density at radius 3 is 2.48 bits per heavy atom. The number of hydrogen-bond donors (Lipinski definition) is 3. The third-order valence-electron chi connectivity index (χ3n) is 9.41. The summed E-state index contributed by atoms with van der Waals surface area (Å²) in [5.74, 6) is 1.22. The molecule has 0 aliphatic heterocycles. The summed E-state index contributed by atoms with van der Waals surface area (Å²) < 4.78 is 0. The van der Waals surface area contributed by atoms with Crippen molar-refractivity contribution in [3.63, 3.8) is 0 Å². The summed E-state index contributed by atoms with van der Waals surface area (Å²) in [4.78, 5) is 12.3. The van der Waals surface area contributed by atoms with E-state index in [0.717, 1.165) is 44.9 Å². The Balaban J connectivity index is 1.73. The minimum absolute atomic E-state index is 0.00759. The number of hydrogen-bond acceptors (Lipinski definition) is 4. The molecule has 25 heavy (non-hydrogen) atoms. The molecule has 0 heterocycles. The van der Waals surface area contributed by atoms with Crippen molar-refractivity contribution in [2.45, 2.75) is 89.9 Å². The summed E-state index contributed by atoms with van der Waals surface area (Å²) in [5.41, 5.74) is 6.59. The second-order valence-corrected chi connectivity index (χ2v) is 10.3. The van der Waals surface area contributed by atoms with Gasteiger partial charge in [-0.25, -0.2) is 0 Å². The van der Waals surface area contributed by atoms with Gasteiger partial charge in [-0.15, -0.1) is 0 Å².